The summed E-state index contributed by atoms with van der Waals surface area (Å²) in [5, 5.41) is 0. The fourth-order valence-corrected chi connectivity index (χ4v) is 5.08. The largest absolute Gasteiger partial charge is 0.338 e. The maximum absolute atomic E-state index is 13.1. The van der Waals surface area contributed by atoms with E-state index in [1.54, 1.807) is 6.20 Å². The summed E-state index contributed by atoms with van der Waals surface area (Å²) in [5.74, 6) is 1.58. The standard InChI is InChI=1S/C27H30N6O/c1-31-25-22(14-20(15-29-25)27(34)32-13-5-8-21(28)17-32)30-26(31)24-12-11-23(19-6-3-2-4-7-19)33(24)16-18-9-10-18/h2-4,6-7,11-12,14-15,18,21H,5,8-10,13,16-17,28H2,1H3/t21-/m1/s1. The minimum atomic E-state index is -0.0137. The third kappa shape index (κ3) is 3.80. The number of carbonyl (C=O) groups is 1. The monoisotopic (exact) mass is 454 g/mol. The molecule has 7 nitrogen and oxygen atoms in total. The van der Waals surface area contributed by atoms with Gasteiger partial charge in [0.25, 0.3) is 5.91 Å². The predicted octanol–water partition coefficient (Wildman–Crippen LogP) is 4.08. The Morgan fingerprint density at radius 1 is 1.09 bits per heavy atom. The summed E-state index contributed by atoms with van der Waals surface area (Å²) in [6.45, 7) is 2.33. The molecule has 4 aromatic rings. The van der Waals surface area contributed by atoms with Gasteiger partial charge in [-0.2, -0.15) is 0 Å². The van der Waals surface area contributed by atoms with Crippen molar-refractivity contribution in [3.63, 3.8) is 0 Å². The molecule has 2 aliphatic rings. The van der Waals surface area contributed by atoms with Gasteiger partial charge < -0.3 is 19.8 Å². The molecule has 0 bridgehead atoms. The van der Waals surface area contributed by atoms with E-state index in [2.05, 4.69) is 45.9 Å². The van der Waals surface area contributed by atoms with Crippen LogP contribution in [0.25, 0.3) is 33.9 Å². The molecule has 1 saturated heterocycles. The highest BCUT2D eigenvalue weighted by molar-refractivity contribution is 5.96. The van der Waals surface area contributed by atoms with E-state index in [9.17, 15) is 4.79 Å². The van der Waals surface area contributed by atoms with Crippen LogP contribution in [0.3, 0.4) is 0 Å². The summed E-state index contributed by atoms with van der Waals surface area (Å²) in [4.78, 5) is 24.5. The number of nitrogens with zero attached hydrogens (tertiary/aromatic N) is 5. The molecule has 7 heteroatoms. The SMILES string of the molecule is Cn1c(-c2ccc(-c3ccccc3)n2CC2CC2)nc2cc(C(=O)N3CCC[C@@H](N)C3)cnc21. The third-order valence-corrected chi connectivity index (χ3v) is 7.12. The van der Waals surface area contributed by atoms with E-state index in [0.717, 1.165) is 54.5 Å². The fourth-order valence-electron chi connectivity index (χ4n) is 5.08. The normalized spacial score (nSPS) is 18.5. The van der Waals surface area contributed by atoms with Crippen LogP contribution in [0.5, 0.6) is 0 Å². The van der Waals surface area contributed by atoms with Crippen LogP contribution in [0.2, 0.25) is 0 Å². The van der Waals surface area contributed by atoms with Crippen molar-refractivity contribution >= 4 is 17.1 Å². The Morgan fingerprint density at radius 2 is 1.88 bits per heavy atom. The molecule has 0 radical (unpaired) electrons. The van der Waals surface area contributed by atoms with Crippen molar-refractivity contribution in [2.75, 3.05) is 13.1 Å². The first-order valence-corrected chi connectivity index (χ1v) is 12.2. The highest BCUT2D eigenvalue weighted by atomic mass is 16.2. The summed E-state index contributed by atoms with van der Waals surface area (Å²) < 4.78 is 4.43. The Morgan fingerprint density at radius 3 is 2.65 bits per heavy atom. The molecule has 3 aromatic heterocycles. The topological polar surface area (TPSA) is 82.0 Å². The zero-order chi connectivity index (χ0) is 23.2. The molecule has 0 unspecified atom stereocenters. The molecule has 2 fully saturated rings. The lowest BCUT2D eigenvalue weighted by Crippen LogP contribution is -2.45. The average molecular weight is 455 g/mol. The van der Waals surface area contributed by atoms with Crippen LogP contribution in [0.4, 0.5) is 0 Å². The van der Waals surface area contributed by atoms with Gasteiger partial charge in [-0.1, -0.05) is 30.3 Å². The van der Waals surface area contributed by atoms with E-state index in [0.29, 0.717) is 12.1 Å². The lowest BCUT2D eigenvalue weighted by molar-refractivity contribution is 0.0708. The number of carbonyl (C=O) groups excluding carboxylic acids is 1. The van der Waals surface area contributed by atoms with Crippen LogP contribution >= 0.6 is 0 Å². The molecule has 1 aliphatic heterocycles. The van der Waals surface area contributed by atoms with Crippen LogP contribution < -0.4 is 5.73 Å². The van der Waals surface area contributed by atoms with Gasteiger partial charge in [-0.25, -0.2) is 9.97 Å². The summed E-state index contributed by atoms with van der Waals surface area (Å²) in [7, 11) is 2.00. The van der Waals surface area contributed by atoms with Crippen molar-refractivity contribution in [2.45, 2.75) is 38.3 Å². The number of piperidine rings is 1. The Kier molecular flexibility index (Phi) is 5.21. The van der Waals surface area contributed by atoms with E-state index < -0.39 is 0 Å². The van der Waals surface area contributed by atoms with Crippen LogP contribution in [-0.4, -0.2) is 49.0 Å². The van der Waals surface area contributed by atoms with Gasteiger partial charge in [0.05, 0.1) is 11.3 Å². The number of nitrogens with two attached hydrogens (primary N) is 1. The molecular formula is C27H30N6O. The Hall–Kier alpha value is -3.45. The number of hydrogen-bond donors (Lipinski definition) is 1. The Labute approximate surface area is 199 Å². The zero-order valence-electron chi connectivity index (χ0n) is 19.5. The maximum Gasteiger partial charge on any atom is 0.255 e. The first-order chi connectivity index (χ1) is 16.6. The number of likely N-dealkylation sites (tertiary alicyclic amines) is 1. The maximum atomic E-state index is 13.1. The quantitative estimate of drug-likeness (QED) is 0.493. The molecular weight excluding hydrogens is 424 g/mol. The van der Waals surface area contributed by atoms with Crippen molar-refractivity contribution in [1.82, 2.24) is 24.0 Å². The molecule has 6 rings (SSSR count). The van der Waals surface area contributed by atoms with Gasteiger partial charge in [-0.05, 0) is 55.4 Å². The molecule has 1 atom stereocenters. The Balaban J connectivity index is 1.39. The number of amides is 1. The van der Waals surface area contributed by atoms with E-state index in [1.165, 1.54) is 24.1 Å². The van der Waals surface area contributed by atoms with Gasteiger partial charge in [0, 0.05) is 44.6 Å². The summed E-state index contributed by atoms with van der Waals surface area (Å²) in [6, 6.07) is 16.8. The van der Waals surface area contributed by atoms with Gasteiger partial charge in [-0.3, -0.25) is 4.79 Å². The van der Waals surface area contributed by atoms with Gasteiger partial charge in [0.15, 0.2) is 11.5 Å². The minimum absolute atomic E-state index is 0.0137. The number of fused-ring (bicyclic) bond motifs is 1. The number of pyridine rings is 1. The number of imidazole rings is 1. The van der Waals surface area contributed by atoms with Crippen molar-refractivity contribution in [2.24, 2.45) is 18.7 Å². The molecule has 1 aliphatic carbocycles. The van der Waals surface area contributed by atoms with Crippen molar-refractivity contribution in [3.05, 3.63) is 60.3 Å². The van der Waals surface area contributed by atoms with Crippen molar-refractivity contribution in [3.8, 4) is 22.8 Å². The van der Waals surface area contributed by atoms with Crippen molar-refractivity contribution in [1.29, 1.82) is 0 Å². The number of benzene rings is 1. The van der Waals surface area contributed by atoms with E-state index in [1.807, 2.05) is 28.6 Å². The van der Waals surface area contributed by atoms with Crippen LogP contribution in [0.15, 0.2) is 54.7 Å². The molecule has 4 heterocycles. The van der Waals surface area contributed by atoms with Crippen LogP contribution in [0, 0.1) is 5.92 Å². The predicted molar refractivity (Wildman–Crippen MR) is 133 cm³/mol. The summed E-state index contributed by atoms with van der Waals surface area (Å²) >= 11 is 0. The Bertz CT molecular complexity index is 1350. The van der Waals surface area contributed by atoms with Gasteiger partial charge >= 0.3 is 0 Å². The second-order valence-corrected chi connectivity index (χ2v) is 9.74. The number of rotatable bonds is 5. The average Bonchev–Trinajstić information content (AvgIpc) is 3.50. The molecule has 0 spiro atoms. The van der Waals surface area contributed by atoms with E-state index >= 15 is 0 Å². The molecule has 1 amide bonds. The molecule has 1 aromatic carbocycles. The lowest BCUT2D eigenvalue weighted by atomic mass is 10.1. The van der Waals surface area contributed by atoms with Gasteiger partial charge in [0.1, 0.15) is 5.52 Å². The van der Waals surface area contributed by atoms with Crippen LogP contribution in [-0.2, 0) is 13.6 Å². The highest BCUT2D eigenvalue weighted by Gasteiger charge is 2.27. The summed E-state index contributed by atoms with van der Waals surface area (Å²) in [5.41, 5.74) is 11.7. The van der Waals surface area contributed by atoms with Gasteiger partial charge in [0.2, 0.25) is 0 Å². The smallest absolute Gasteiger partial charge is 0.255 e. The van der Waals surface area contributed by atoms with Crippen LogP contribution in [0.1, 0.15) is 36.0 Å². The number of aromatic nitrogens is 4. The zero-order valence-corrected chi connectivity index (χ0v) is 19.5. The minimum Gasteiger partial charge on any atom is -0.338 e. The molecule has 1 saturated carbocycles. The number of hydrogen-bond acceptors (Lipinski definition) is 4. The third-order valence-electron chi connectivity index (χ3n) is 7.12. The van der Waals surface area contributed by atoms with E-state index in [4.69, 9.17) is 10.7 Å². The first-order valence-electron chi connectivity index (χ1n) is 12.2. The van der Waals surface area contributed by atoms with Gasteiger partial charge in [-0.15, -0.1) is 0 Å². The van der Waals surface area contributed by atoms with Crippen molar-refractivity contribution < 1.29 is 4.79 Å². The molecule has 174 valence electrons. The lowest BCUT2D eigenvalue weighted by Gasteiger charge is -2.30. The fraction of sp³-hybridized carbons (Fsp3) is 0.370. The van der Waals surface area contributed by atoms with E-state index in [-0.39, 0.29) is 11.9 Å². The molecule has 34 heavy (non-hydrogen) atoms. The first kappa shape index (κ1) is 21.1. The number of aryl methyl sites for hydroxylation is 1. The second-order valence-electron chi connectivity index (χ2n) is 9.74. The summed E-state index contributed by atoms with van der Waals surface area (Å²) in [6.07, 6.45) is 6.15. The highest BCUT2D eigenvalue weighted by Crippen LogP contribution is 2.36. The second kappa shape index (κ2) is 8.40. The molecule has 2 N–H and O–H groups in total.